The minimum absolute atomic E-state index is 0. The van der Waals surface area contributed by atoms with Gasteiger partial charge >= 0.3 is 0 Å². The molecule has 6 nitrogen and oxygen atoms in total. The first kappa shape index (κ1) is 23.2. The Bertz CT molecular complexity index is 458. The number of unbranched alkanes of at least 4 members (excludes halogenated alkanes) is 1. The molecule has 0 bridgehead atoms. The van der Waals surface area contributed by atoms with Crippen LogP contribution < -0.4 is 10.6 Å². The zero-order chi connectivity index (χ0) is 18.2. The Balaban J connectivity index is 0.00000261. The lowest BCUT2D eigenvalue weighted by Crippen LogP contribution is -2.69. The van der Waals surface area contributed by atoms with Crippen molar-refractivity contribution in [1.82, 2.24) is 10.6 Å². The summed E-state index contributed by atoms with van der Waals surface area (Å²) >= 11 is 0. The summed E-state index contributed by atoms with van der Waals surface area (Å²) in [6, 6.07) is 0.511. The molecule has 7 heteroatoms. The number of hydrogen-bond donors (Lipinski definition) is 2. The highest BCUT2D eigenvalue weighted by Gasteiger charge is 2.65. The predicted molar refractivity (Wildman–Crippen MR) is 119 cm³/mol. The number of nitrogens with zero attached hydrogens (tertiary/aromatic N) is 1. The molecule has 1 aliphatic heterocycles. The maximum Gasteiger partial charge on any atom is 0.191 e. The van der Waals surface area contributed by atoms with Crippen molar-refractivity contribution in [3.8, 4) is 0 Å². The molecule has 1 spiro atoms. The molecule has 158 valence electrons. The van der Waals surface area contributed by atoms with Gasteiger partial charge in [-0.2, -0.15) is 0 Å². The van der Waals surface area contributed by atoms with Crippen LogP contribution in [0.2, 0.25) is 0 Å². The Morgan fingerprint density at radius 1 is 1.15 bits per heavy atom. The smallest absolute Gasteiger partial charge is 0.191 e. The summed E-state index contributed by atoms with van der Waals surface area (Å²) in [4.78, 5) is 4.42. The number of halogens is 1. The molecule has 2 aliphatic carbocycles. The first-order chi connectivity index (χ1) is 12.8. The topological polar surface area (TPSA) is 64.1 Å². The van der Waals surface area contributed by atoms with Crippen molar-refractivity contribution in [3.63, 3.8) is 0 Å². The van der Waals surface area contributed by atoms with E-state index in [2.05, 4.69) is 22.5 Å². The highest BCUT2D eigenvalue weighted by atomic mass is 127. The fourth-order valence-electron chi connectivity index (χ4n) is 5.06. The van der Waals surface area contributed by atoms with Crippen LogP contribution in [0.25, 0.3) is 0 Å². The number of nitrogens with one attached hydrogen (secondary N) is 2. The fourth-order valence-corrected chi connectivity index (χ4v) is 5.06. The molecule has 3 unspecified atom stereocenters. The van der Waals surface area contributed by atoms with Gasteiger partial charge in [-0.3, -0.25) is 4.99 Å². The van der Waals surface area contributed by atoms with Gasteiger partial charge in [-0.25, -0.2) is 0 Å². The average Bonchev–Trinajstić information content (AvgIpc) is 3.31. The van der Waals surface area contributed by atoms with Crippen molar-refractivity contribution >= 4 is 29.9 Å². The molecule has 0 radical (unpaired) electrons. The maximum absolute atomic E-state index is 6.06. The molecule has 2 N–H and O–H groups in total. The standard InChI is InChI=1S/C20H37N3O3.HI/c1-3-4-11-24-14-15-25-13-10-22-19(21-2)23-17-16-7-12-26-18(16)20(17)8-5-6-9-20;/h16-18H,3-15H2,1-2H3,(H2,21,22,23);1H. The highest BCUT2D eigenvalue weighted by Crippen LogP contribution is 2.60. The lowest BCUT2D eigenvalue weighted by Gasteiger charge is -2.57. The predicted octanol–water partition coefficient (Wildman–Crippen LogP) is 2.95. The zero-order valence-corrected chi connectivity index (χ0v) is 19.3. The molecule has 2 saturated carbocycles. The van der Waals surface area contributed by atoms with Crippen molar-refractivity contribution in [1.29, 1.82) is 0 Å². The summed E-state index contributed by atoms with van der Waals surface area (Å²) in [5.41, 5.74) is 0.352. The van der Waals surface area contributed by atoms with Crippen molar-refractivity contribution in [2.75, 3.05) is 46.6 Å². The first-order valence-electron chi connectivity index (χ1n) is 10.6. The van der Waals surface area contributed by atoms with E-state index in [4.69, 9.17) is 14.2 Å². The molecule has 1 heterocycles. The third-order valence-corrected chi connectivity index (χ3v) is 6.36. The summed E-state index contributed by atoms with van der Waals surface area (Å²) in [6.45, 7) is 6.70. The zero-order valence-electron chi connectivity index (χ0n) is 17.0. The van der Waals surface area contributed by atoms with Crippen LogP contribution in [0.5, 0.6) is 0 Å². The molecular formula is C20H38IN3O3. The fraction of sp³-hybridized carbons (Fsp3) is 0.950. The minimum atomic E-state index is 0. The van der Waals surface area contributed by atoms with Gasteiger partial charge in [0.2, 0.25) is 0 Å². The second kappa shape index (κ2) is 11.8. The number of fused-ring (bicyclic) bond motifs is 2. The highest BCUT2D eigenvalue weighted by molar-refractivity contribution is 14.0. The van der Waals surface area contributed by atoms with Gasteiger partial charge in [-0.15, -0.1) is 24.0 Å². The van der Waals surface area contributed by atoms with Gasteiger partial charge in [0.25, 0.3) is 0 Å². The minimum Gasteiger partial charge on any atom is -0.379 e. The maximum atomic E-state index is 6.06. The van der Waals surface area contributed by atoms with Gasteiger partial charge in [-0.1, -0.05) is 26.2 Å². The van der Waals surface area contributed by atoms with Crippen LogP contribution in [0.3, 0.4) is 0 Å². The molecule has 0 aromatic heterocycles. The molecule has 1 saturated heterocycles. The van der Waals surface area contributed by atoms with Gasteiger partial charge in [-0.05, 0) is 25.7 Å². The summed E-state index contributed by atoms with van der Waals surface area (Å²) in [5.74, 6) is 1.55. The summed E-state index contributed by atoms with van der Waals surface area (Å²) in [6.07, 6.45) is 9.23. The number of guanidine groups is 1. The Labute approximate surface area is 181 Å². The van der Waals surface area contributed by atoms with E-state index in [1.165, 1.54) is 38.5 Å². The lowest BCUT2D eigenvalue weighted by molar-refractivity contribution is -0.125. The summed E-state index contributed by atoms with van der Waals surface area (Å²) < 4.78 is 17.2. The van der Waals surface area contributed by atoms with E-state index in [0.29, 0.717) is 43.3 Å². The normalized spacial score (nSPS) is 28.5. The van der Waals surface area contributed by atoms with E-state index in [-0.39, 0.29) is 24.0 Å². The summed E-state index contributed by atoms with van der Waals surface area (Å²) in [5, 5.41) is 7.11. The Morgan fingerprint density at radius 2 is 1.89 bits per heavy atom. The molecule has 27 heavy (non-hydrogen) atoms. The van der Waals surface area contributed by atoms with E-state index in [0.717, 1.165) is 32.1 Å². The van der Waals surface area contributed by atoms with Crippen LogP contribution in [0, 0.1) is 11.3 Å². The number of rotatable bonds is 10. The van der Waals surface area contributed by atoms with E-state index in [9.17, 15) is 0 Å². The van der Waals surface area contributed by atoms with Crippen molar-refractivity contribution < 1.29 is 14.2 Å². The first-order valence-corrected chi connectivity index (χ1v) is 10.6. The molecule has 3 atom stereocenters. The largest absolute Gasteiger partial charge is 0.379 e. The number of hydrogen-bond acceptors (Lipinski definition) is 4. The second-order valence-corrected chi connectivity index (χ2v) is 7.88. The molecule has 0 aromatic rings. The molecule has 3 fully saturated rings. The van der Waals surface area contributed by atoms with Crippen LogP contribution >= 0.6 is 24.0 Å². The lowest BCUT2D eigenvalue weighted by atomic mass is 9.54. The van der Waals surface area contributed by atoms with Crippen LogP contribution in [0.15, 0.2) is 4.99 Å². The van der Waals surface area contributed by atoms with Crippen LogP contribution in [0.1, 0.15) is 51.9 Å². The molecule has 3 rings (SSSR count). The van der Waals surface area contributed by atoms with E-state index >= 15 is 0 Å². The second-order valence-electron chi connectivity index (χ2n) is 7.88. The van der Waals surface area contributed by atoms with Gasteiger partial charge in [0.1, 0.15) is 0 Å². The number of ether oxygens (including phenoxy) is 3. The third-order valence-electron chi connectivity index (χ3n) is 6.36. The van der Waals surface area contributed by atoms with Crippen molar-refractivity contribution in [2.24, 2.45) is 16.3 Å². The Kier molecular flexibility index (Phi) is 10.1. The quantitative estimate of drug-likeness (QED) is 0.211. The van der Waals surface area contributed by atoms with Gasteiger partial charge in [0.15, 0.2) is 5.96 Å². The molecule has 0 aromatic carbocycles. The van der Waals surface area contributed by atoms with Crippen molar-refractivity contribution in [3.05, 3.63) is 0 Å². The summed E-state index contributed by atoms with van der Waals surface area (Å²) in [7, 11) is 1.85. The van der Waals surface area contributed by atoms with Gasteiger partial charge < -0.3 is 24.8 Å². The van der Waals surface area contributed by atoms with E-state index < -0.39 is 0 Å². The number of aliphatic imine (C=N–C) groups is 1. The van der Waals surface area contributed by atoms with Crippen LogP contribution in [0.4, 0.5) is 0 Å². The van der Waals surface area contributed by atoms with E-state index in [1.54, 1.807) is 0 Å². The average molecular weight is 495 g/mol. The Morgan fingerprint density at radius 3 is 2.59 bits per heavy atom. The Hall–Kier alpha value is -0.120. The van der Waals surface area contributed by atoms with E-state index in [1.807, 2.05) is 7.05 Å². The monoisotopic (exact) mass is 495 g/mol. The molecular weight excluding hydrogens is 457 g/mol. The SMILES string of the molecule is CCCCOCCOCCNC(=NC)NC1C2CCOC2C12CCCC2.I. The molecule has 0 amide bonds. The van der Waals surface area contributed by atoms with Gasteiger partial charge in [0.05, 0.1) is 25.9 Å². The van der Waals surface area contributed by atoms with Gasteiger partial charge in [0, 0.05) is 44.2 Å². The third kappa shape index (κ3) is 5.48. The molecule has 3 aliphatic rings. The van der Waals surface area contributed by atoms with Crippen molar-refractivity contribution in [2.45, 2.75) is 64.0 Å². The van der Waals surface area contributed by atoms with Crippen LogP contribution in [-0.2, 0) is 14.2 Å². The van der Waals surface area contributed by atoms with Crippen LogP contribution in [-0.4, -0.2) is 64.7 Å².